The van der Waals surface area contributed by atoms with Crippen molar-refractivity contribution in [3.63, 3.8) is 0 Å². The number of aromatic nitrogens is 3. The van der Waals surface area contributed by atoms with E-state index >= 15 is 0 Å². The Morgan fingerprint density at radius 3 is 2.89 bits per heavy atom. The van der Waals surface area contributed by atoms with E-state index in [0.717, 1.165) is 16.3 Å². The number of aromatic amines is 1. The van der Waals surface area contributed by atoms with Crippen LogP contribution in [0, 0.1) is 0 Å². The predicted octanol–water partition coefficient (Wildman–Crippen LogP) is 2.87. The van der Waals surface area contributed by atoms with E-state index in [1.165, 1.54) is 11.8 Å². The molecule has 1 N–H and O–H groups in total. The summed E-state index contributed by atoms with van der Waals surface area (Å²) < 4.78 is 0. The number of carbonyl (C=O) groups excluding carboxylic acids is 1. The first-order valence-corrected chi connectivity index (χ1v) is 7.59. The lowest BCUT2D eigenvalue weighted by atomic mass is 10.2. The monoisotopic (exact) mass is 279 g/mol. The number of hydrogen-bond donors (Lipinski definition) is 1. The lowest BCUT2D eigenvalue weighted by Crippen LogP contribution is -1.93. The van der Waals surface area contributed by atoms with E-state index in [0.29, 0.717) is 10.9 Å². The van der Waals surface area contributed by atoms with Crippen LogP contribution in [0.5, 0.6) is 0 Å². The summed E-state index contributed by atoms with van der Waals surface area (Å²) in [5, 5.41) is 7.63. The first-order valence-electron chi connectivity index (χ1n) is 5.38. The number of nitrogens with zero attached hydrogens (tertiary/aromatic N) is 2. The van der Waals surface area contributed by atoms with Crippen molar-refractivity contribution in [2.24, 2.45) is 0 Å². The molecule has 0 aliphatic carbocycles. The zero-order chi connectivity index (χ0) is 13.0. The van der Waals surface area contributed by atoms with Gasteiger partial charge in [-0.1, -0.05) is 30.0 Å². The van der Waals surface area contributed by atoms with Gasteiger partial charge in [-0.15, -0.1) is 16.9 Å². The van der Waals surface area contributed by atoms with Gasteiger partial charge in [-0.2, -0.15) is 0 Å². The molecular formula is C12H13N3OS2. The van der Waals surface area contributed by atoms with Crippen LogP contribution in [0.3, 0.4) is 0 Å². The minimum absolute atomic E-state index is 0.121. The third kappa shape index (κ3) is 3.14. The summed E-state index contributed by atoms with van der Waals surface area (Å²) in [6, 6.07) is 8.02. The molecule has 0 fully saturated rings. The summed E-state index contributed by atoms with van der Waals surface area (Å²) in [5.41, 5.74) is 1.03. The Morgan fingerprint density at radius 2 is 2.17 bits per heavy atom. The molecule has 0 atom stereocenters. The number of thioether (sulfide) groups is 2. The smallest absolute Gasteiger partial charge is 0.209 e. The van der Waals surface area contributed by atoms with Gasteiger partial charge in [-0.3, -0.25) is 9.89 Å². The predicted molar refractivity (Wildman–Crippen MR) is 75.0 cm³/mol. The van der Waals surface area contributed by atoms with Gasteiger partial charge in [0.15, 0.2) is 5.82 Å². The number of Topliss-reactive ketones (excluding diaryl/α,β-unsaturated/α-hetero) is 1. The fraction of sp³-hybridized carbons (Fsp3) is 0.250. The summed E-state index contributed by atoms with van der Waals surface area (Å²) in [4.78, 5) is 16.4. The highest BCUT2D eigenvalue weighted by atomic mass is 32.2. The molecule has 1 aromatic carbocycles. The van der Waals surface area contributed by atoms with Crippen molar-refractivity contribution < 1.29 is 4.79 Å². The first-order chi connectivity index (χ1) is 8.70. The average Bonchev–Trinajstić information content (AvgIpc) is 2.85. The third-order valence-corrected chi connectivity index (χ3v) is 4.02. The molecule has 0 saturated heterocycles. The van der Waals surface area contributed by atoms with Crippen LogP contribution in [-0.2, 0) is 4.79 Å². The molecule has 0 radical (unpaired) electrons. The largest absolute Gasteiger partial charge is 0.299 e. The topological polar surface area (TPSA) is 58.6 Å². The third-order valence-electron chi connectivity index (χ3n) is 2.23. The number of carbonyl (C=O) groups is 1. The van der Waals surface area contributed by atoms with Crippen molar-refractivity contribution in [1.82, 2.24) is 15.2 Å². The van der Waals surface area contributed by atoms with E-state index in [9.17, 15) is 4.79 Å². The highest BCUT2D eigenvalue weighted by molar-refractivity contribution is 7.99. The minimum atomic E-state index is 0.121. The van der Waals surface area contributed by atoms with Crippen LogP contribution >= 0.6 is 23.5 Å². The number of hydrogen-bond acceptors (Lipinski definition) is 5. The summed E-state index contributed by atoms with van der Waals surface area (Å²) in [6.45, 7) is 1.56. The fourth-order valence-corrected chi connectivity index (χ4v) is 2.64. The molecule has 0 amide bonds. The highest BCUT2D eigenvalue weighted by Gasteiger charge is 2.10. The van der Waals surface area contributed by atoms with E-state index in [1.54, 1.807) is 18.7 Å². The van der Waals surface area contributed by atoms with Gasteiger partial charge in [0, 0.05) is 10.5 Å². The number of nitrogens with one attached hydrogen (secondary N) is 1. The second kappa shape index (κ2) is 6.06. The molecule has 18 heavy (non-hydrogen) atoms. The summed E-state index contributed by atoms with van der Waals surface area (Å²) >= 11 is 3.02. The minimum Gasteiger partial charge on any atom is -0.299 e. The maximum absolute atomic E-state index is 10.9. The lowest BCUT2D eigenvalue weighted by molar-refractivity contribution is -0.114. The Labute approximate surface area is 114 Å². The lowest BCUT2D eigenvalue weighted by Gasteiger charge is -2.02. The SMILES string of the molecule is CSc1ccccc1-c1nc(SCC(C)=O)n[nH]1. The second-order valence-electron chi connectivity index (χ2n) is 3.66. The van der Waals surface area contributed by atoms with Crippen LogP contribution in [0.15, 0.2) is 34.3 Å². The van der Waals surface area contributed by atoms with E-state index in [1.807, 2.05) is 30.5 Å². The zero-order valence-corrected chi connectivity index (χ0v) is 11.8. The molecule has 0 unspecified atom stereocenters. The normalized spacial score (nSPS) is 10.6. The zero-order valence-electron chi connectivity index (χ0n) is 10.1. The van der Waals surface area contributed by atoms with E-state index in [4.69, 9.17) is 0 Å². The summed E-state index contributed by atoms with van der Waals surface area (Å²) in [7, 11) is 0. The Bertz CT molecular complexity index is 554. The highest BCUT2D eigenvalue weighted by Crippen LogP contribution is 2.28. The fourth-order valence-electron chi connectivity index (χ4n) is 1.44. The van der Waals surface area contributed by atoms with Crippen LogP contribution in [0.4, 0.5) is 0 Å². The van der Waals surface area contributed by atoms with Crippen molar-refractivity contribution >= 4 is 29.3 Å². The number of benzene rings is 1. The van der Waals surface area contributed by atoms with Crippen molar-refractivity contribution in [2.45, 2.75) is 17.0 Å². The molecule has 1 aromatic heterocycles. The molecule has 94 valence electrons. The van der Waals surface area contributed by atoms with Crippen molar-refractivity contribution in [3.05, 3.63) is 24.3 Å². The second-order valence-corrected chi connectivity index (χ2v) is 5.45. The molecule has 0 bridgehead atoms. The van der Waals surface area contributed by atoms with Crippen molar-refractivity contribution in [2.75, 3.05) is 12.0 Å². The Kier molecular flexibility index (Phi) is 4.43. The van der Waals surface area contributed by atoms with E-state index in [-0.39, 0.29) is 5.78 Å². The van der Waals surface area contributed by atoms with E-state index in [2.05, 4.69) is 15.2 Å². The number of ketones is 1. The molecule has 2 aromatic rings. The maximum atomic E-state index is 10.9. The van der Waals surface area contributed by atoms with Gasteiger partial charge in [-0.05, 0) is 19.2 Å². The standard InChI is InChI=1S/C12H13N3OS2/c1-8(16)7-18-12-13-11(14-15-12)9-5-3-4-6-10(9)17-2/h3-6H,7H2,1-2H3,(H,13,14,15). The summed E-state index contributed by atoms with van der Waals surface area (Å²) in [6.07, 6.45) is 2.03. The molecule has 0 spiro atoms. The Hall–Kier alpha value is -1.27. The Balaban J connectivity index is 2.21. The maximum Gasteiger partial charge on any atom is 0.209 e. The number of H-pyrrole nitrogens is 1. The van der Waals surface area contributed by atoms with Crippen molar-refractivity contribution in [1.29, 1.82) is 0 Å². The average molecular weight is 279 g/mol. The molecular weight excluding hydrogens is 266 g/mol. The molecule has 4 nitrogen and oxygen atoms in total. The van der Waals surface area contributed by atoms with Gasteiger partial charge >= 0.3 is 0 Å². The van der Waals surface area contributed by atoms with Crippen LogP contribution in [-0.4, -0.2) is 33.0 Å². The van der Waals surface area contributed by atoms with Gasteiger partial charge in [0.2, 0.25) is 5.16 Å². The Morgan fingerprint density at radius 1 is 1.39 bits per heavy atom. The van der Waals surface area contributed by atoms with Crippen LogP contribution < -0.4 is 0 Å². The number of rotatable bonds is 5. The molecule has 2 rings (SSSR count). The molecule has 0 saturated carbocycles. The van der Waals surface area contributed by atoms with Crippen LogP contribution in [0.2, 0.25) is 0 Å². The summed E-state index contributed by atoms with van der Waals surface area (Å²) in [5.74, 6) is 1.27. The molecule has 6 heteroatoms. The molecule has 0 aliphatic heterocycles. The van der Waals surface area contributed by atoms with Gasteiger partial charge in [0.1, 0.15) is 5.78 Å². The van der Waals surface area contributed by atoms with Crippen LogP contribution in [0.1, 0.15) is 6.92 Å². The van der Waals surface area contributed by atoms with Gasteiger partial charge in [0.25, 0.3) is 0 Å². The molecule has 1 heterocycles. The van der Waals surface area contributed by atoms with Gasteiger partial charge in [-0.25, -0.2) is 4.98 Å². The van der Waals surface area contributed by atoms with Gasteiger partial charge in [0.05, 0.1) is 5.75 Å². The van der Waals surface area contributed by atoms with Crippen LogP contribution in [0.25, 0.3) is 11.4 Å². The van der Waals surface area contributed by atoms with Gasteiger partial charge < -0.3 is 0 Å². The molecule has 0 aliphatic rings. The van der Waals surface area contributed by atoms with Crippen molar-refractivity contribution in [3.8, 4) is 11.4 Å². The first kappa shape index (κ1) is 13.2. The quantitative estimate of drug-likeness (QED) is 0.853. The van der Waals surface area contributed by atoms with E-state index < -0.39 is 0 Å².